The lowest BCUT2D eigenvalue weighted by molar-refractivity contribution is -0.134. The standard InChI is InChI=1S/2C28H35N5O2.C21H31N3O2.C4H4O4/c2*1-32(2)18-25-27(34-19-21-3-4-21)8-6-24-26(31-35-28(24)25)7-5-20-10-13-33(14-11-20)17-23-15-22(16-29)9-12-30-23;1-24(2)13-18-20(25-14-16-3-4-16)8-6-17-19(23-26-21(17)18)7-5-15-9-11-22-12-10-15;5-3(6)1-2-4(7)8/h2*6,8-9,12,15,20-21H,3-5,7,10-11,13-14,17-19H2,1-2H3;6,8,15-16,22H,3-5,7,9-14H2,1-2H3;1-2H,(H,5,6)(H,7,8)/b;;;2-1+. The number of fused-ring (bicyclic) bond motifs is 3. The molecule has 0 amide bonds. The van der Waals surface area contributed by atoms with Crippen LogP contribution in [0.15, 0.2) is 98.8 Å². The van der Waals surface area contributed by atoms with Crippen molar-refractivity contribution >= 4 is 44.8 Å². The van der Waals surface area contributed by atoms with Gasteiger partial charge in [-0.15, -0.1) is 0 Å². The fraction of sp³-hybridized carbons (Fsp3) is 0.543. The van der Waals surface area contributed by atoms with Gasteiger partial charge < -0.3 is 58.0 Å². The largest absolute Gasteiger partial charge is 0.493 e. The molecule has 0 radical (unpaired) electrons. The van der Waals surface area contributed by atoms with Crippen LogP contribution in [-0.2, 0) is 61.6 Å². The molecule has 104 heavy (non-hydrogen) atoms. The van der Waals surface area contributed by atoms with Crippen LogP contribution in [0.5, 0.6) is 17.2 Å². The van der Waals surface area contributed by atoms with Gasteiger partial charge in [0.05, 0.1) is 88.2 Å². The van der Waals surface area contributed by atoms with Crippen LogP contribution >= 0.6 is 0 Å². The van der Waals surface area contributed by atoms with Gasteiger partial charge in [0.1, 0.15) is 17.2 Å². The molecule has 0 unspecified atom stereocenters. The summed E-state index contributed by atoms with van der Waals surface area (Å²) in [5.74, 6) is 4.68. The lowest BCUT2D eigenvalue weighted by Crippen LogP contribution is -2.33. The Morgan fingerprint density at radius 1 is 0.490 bits per heavy atom. The molecular formula is C81H105N13O10. The molecule has 3 aliphatic carbocycles. The van der Waals surface area contributed by atoms with Crippen molar-refractivity contribution in [3.05, 3.63) is 141 Å². The fourth-order valence-electron chi connectivity index (χ4n) is 14.0. The van der Waals surface area contributed by atoms with Gasteiger partial charge in [-0.05, 0) is 293 Å². The lowest BCUT2D eigenvalue weighted by atomic mass is 9.91. The van der Waals surface area contributed by atoms with E-state index in [2.05, 4.69) is 146 Å². The van der Waals surface area contributed by atoms with Crippen molar-refractivity contribution in [2.45, 2.75) is 148 Å². The van der Waals surface area contributed by atoms with Crippen molar-refractivity contribution in [3.63, 3.8) is 0 Å². The Balaban J connectivity index is 0.000000150. The Hall–Kier alpha value is -8.81. The number of carbonyl (C=O) groups is 2. The molecule has 3 saturated carbocycles. The molecule has 3 N–H and O–H groups in total. The summed E-state index contributed by atoms with van der Waals surface area (Å²) in [7, 11) is 12.5. The van der Waals surface area contributed by atoms with Gasteiger partial charge in [-0.2, -0.15) is 10.5 Å². The van der Waals surface area contributed by atoms with Crippen molar-refractivity contribution in [1.82, 2.24) is 55.3 Å². The van der Waals surface area contributed by atoms with E-state index in [1.54, 1.807) is 24.5 Å². The summed E-state index contributed by atoms with van der Waals surface area (Å²) in [4.78, 5) is 39.3. The summed E-state index contributed by atoms with van der Waals surface area (Å²) >= 11 is 0. The number of benzene rings is 3. The number of aliphatic carboxylic acids is 2. The minimum atomic E-state index is -1.26. The van der Waals surface area contributed by atoms with Crippen LogP contribution in [0.1, 0.15) is 153 Å². The molecule has 3 saturated heterocycles. The predicted molar refractivity (Wildman–Crippen MR) is 398 cm³/mol. The first kappa shape index (κ1) is 76.3. The second kappa shape index (κ2) is 37.8. The number of carboxylic acids is 2. The molecule has 8 heterocycles. The van der Waals surface area contributed by atoms with Crippen LogP contribution in [0.2, 0.25) is 0 Å². The van der Waals surface area contributed by atoms with Gasteiger partial charge in [0.2, 0.25) is 0 Å². The first-order valence-corrected chi connectivity index (χ1v) is 37.5. The van der Waals surface area contributed by atoms with Crippen molar-refractivity contribution < 1.29 is 47.6 Å². The molecule has 3 aromatic carbocycles. The lowest BCUT2D eigenvalue weighted by Gasteiger charge is -2.31. The van der Waals surface area contributed by atoms with E-state index >= 15 is 0 Å². The van der Waals surface area contributed by atoms with Crippen LogP contribution < -0.4 is 19.5 Å². The third-order valence-corrected chi connectivity index (χ3v) is 20.5. The zero-order chi connectivity index (χ0) is 72.9. The molecule has 23 heteroatoms. The van der Waals surface area contributed by atoms with E-state index < -0.39 is 11.9 Å². The van der Waals surface area contributed by atoms with E-state index in [0.717, 1.165) is 231 Å². The minimum Gasteiger partial charge on any atom is -0.493 e. The normalized spacial score (nSPS) is 17.0. The van der Waals surface area contributed by atoms with E-state index in [4.69, 9.17) is 48.5 Å². The summed E-state index contributed by atoms with van der Waals surface area (Å²) in [5, 5.41) is 54.1. The highest BCUT2D eigenvalue weighted by Crippen LogP contribution is 2.39. The molecule has 554 valence electrons. The molecule has 0 spiro atoms. The second-order valence-electron chi connectivity index (χ2n) is 30.2. The molecule has 6 aliphatic rings. The molecule has 0 atom stereocenters. The van der Waals surface area contributed by atoms with Gasteiger partial charge in [0, 0.05) is 73.4 Å². The van der Waals surface area contributed by atoms with Gasteiger partial charge >= 0.3 is 11.9 Å². The predicted octanol–water partition coefficient (Wildman–Crippen LogP) is 12.9. The number of pyridine rings is 2. The molecule has 3 aliphatic heterocycles. The third kappa shape index (κ3) is 23.1. The number of nitrogens with zero attached hydrogens (tertiary/aromatic N) is 12. The Kier molecular flexibility index (Phi) is 27.7. The van der Waals surface area contributed by atoms with Crippen LogP contribution in [-0.4, -0.2) is 173 Å². The van der Waals surface area contributed by atoms with Gasteiger partial charge in [-0.25, -0.2) is 9.59 Å². The minimum absolute atomic E-state index is 0.558. The number of nitrogens with one attached hydrogen (secondary N) is 1. The number of ether oxygens (including phenoxy) is 3. The van der Waals surface area contributed by atoms with Gasteiger partial charge in [-0.1, -0.05) is 15.5 Å². The maximum Gasteiger partial charge on any atom is 0.328 e. The summed E-state index contributed by atoms with van der Waals surface area (Å²) in [6.07, 6.45) is 25.9. The smallest absolute Gasteiger partial charge is 0.328 e. The molecule has 5 aromatic heterocycles. The Bertz CT molecular complexity index is 4010. The molecule has 8 aromatic rings. The van der Waals surface area contributed by atoms with Crippen LogP contribution in [0.4, 0.5) is 0 Å². The van der Waals surface area contributed by atoms with Crippen molar-refractivity contribution in [2.75, 3.05) is 101 Å². The van der Waals surface area contributed by atoms with E-state index in [1.165, 1.54) is 83.5 Å². The van der Waals surface area contributed by atoms with Gasteiger partial charge in [-0.3, -0.25) is 19.8 Å². The molecule has 23 nitrogen and oxygen atoms in total. The fourth-order valence-corrected chi connectivity index (χ4v) is 14.0. The zero-order valence-corrected chi connectivity index (χ0v) is 61.7. The number of carboxylic acid groups (broad SMARTS) is 2. The third-order valence-electron chi connectivity index (χ3n) is 20.5. The van der Waals surface area contributed by atoms with E-state index in [0.29, 0.717) is 47.0 Å². The van der Waals surface area contributed by atoms with Crippen molar-refractivity contribution in [1.29, 1.82) is 10.5 Å². The van der Waals surface area contributed by atoms with E-state index in [-0.39, 0.29) is 0 Å². The molecule has 6 fully saturated rings. The van der Waals surface area contributed by atoms with E-state index in [9.17, 15) is 9.59 Å². The molecule has 0 bridgehead atoms. The number of nitriles is 2. The topological polar surface area (TPSA) is 282 Å². The Morgan fingerprint density at radius 3 is 1.12 bits per heavy atom. The Labute approximate surface area is 611 Å². The average molecular weight is 1420 g/mol. The number of piperidine rings is 3. The van der Waals surface area contributed by atoms with Crippen LogP contribution in [0.25, 0.3) is 32.9 Å². The van der Waals surface area contributed by atoms with Crippen molar-refractivity contribution in [2.24, 2.45) is 35.5 Å². The monoisotopic (exact) mass is 1420 g/mol. The van der Waals surface area contributed by atoms with Crippen molar-refractivity contribution in [3.8, 4) is 29.4 Å². The summed E-state index contributed by atoms with van der Waals surface area (Å²) < 4.78 is 36.0. The highest BCUT2D eigenvalue weighted by molar-refractivity contribution is 5.90. The molecule has 14 rings (SSSR count). The highest BCUT2D eigenvalue weighted by atomic mass is 16.5. The first-order valence-electron chi connectivity index (χ1n) is 37.5. The zero-order valence-electron chi connectivity index (χ0n) is 61.7. The summed E-state index contributed by atoms with van der Waals surface area (Å²) in [6, 6.07) is 24.5. The number of aryl methyl sites for hydroxylation is 3. The molecular weight excluding hydrogens is 1310 g/mol. The number of rotatable bonds is 30. The van der Waals surface area contributed by atoms with Crippen LogP contribution in [0, 0.1) is 58.2 Å². The summed E-state index contributed by atoms with van der Waals surface area (Å²) in [5.41, 5.74) is 12.6. The quantitative estimate of drug-likeness (QED) is 0.0353. The number of hydrogen-bond donors (Lipinski definition) is 3. The maximum absolute atomic E-state index is 9.55. The van der Waals surface area contributed by atoms with Gasteiger partial charge in [0.25, 0.3) is 0 Å². The number of aromatic nitrogens is 5. The average Bonchev–Trinajstić information content (AvgIpc) is 1.63. The summed E-state index contributed by atoms with van der Waals surface area (Å²) in [6.45, 7) is 13.0. The first-order chi connectivity index (χ1) is 50.5. The second-order valence-corrected chi connectivity index (χ2v) is 30.2. The van der Waals surface area contributed by atoms with E-state index in [1.807, 2.05) is 12.1 Å². The Morgan fingerprint density at radius 2 is 0.817 bits per heavy atom. The number of hydrogen-bond acceptors (Lipinski definition) is 21. The maximum atomic E-state index is 9.55. The van der Waals surface area contributed by atoms with Crippen LogP contribution in [0.3, 0.4) is 0 Å². The SMILES string of the molecule is CN(C)Cc1c(OCC2CC2)ccc2c(CCC3CCN(Cc4cc(C#N)ccn4)CC3)noc12.CN(C)Cc1c(OCC2CC2)ccc2c(CCC3CCN(Cc4cc(C#N)ccn4)CC3)noc12.CN(C)Cc1c(OCC2CC2)ccc2c(CCC3CCNCC3)noc12.O=C(O)/C=C/C(=O)O. The number of likely N-dealkylation sites (tertiary alicyclic amines) is 2. The highest BCUT2D eigenvalue weighted by Gasteiger charge is 2.29. The van der Waals surface area contributed by atoms with Gasteiger partial charge in [0.15, 0.2) is 16.7 Å².